The average molecular weight is 852 g/mol. The number of carbonyl (C=O) groups excluding carboxylic acids is 1. The van der Waals surface area contributed by atoms with Gasteiger partial charge < -0.3 is 27.9 Å². The maximum absolute atomic E-state index is 12.7. The van der Waals surface area contributed by atoms with Crippen molar-refractivity contribution < 1.29 is 37.3 Å². The van der Waals surface area contributed by atoms with E-state index in [2.05, 4.69) is 62.5 Å². The normalized spacial score (nSPS) is 14.1. The summed E-state index contributed by atoms with van der Waals surface area (Å²) in [4.78, 5) is 25.1. The number of allylic oxidation sites excluding steroid dienone is 8. The van der Waals surface area contributed by atoms with E-state index < -0.39 is 13.9 Å². The summed E-state index contributed by atoms with van der Waals surface area (Å²) in [7, 11) is 1.34. The van der Waals surface area contributed by atoms with Crippen LogP contribution in [-0.4, -0.2) is 70.7 Å². The Hall–Kier alpha value is -1.54. The molecular formula is C50H94NO7P. The Kier molecular flexibility index (Phi) is 42.0. The van der Waals surface area contributed by atoms with Gasteiger partial charge in [0.05, 0.1) is 34.4 Å². The van der Waals surface area contributed by atoms with Crippen LogP contribution in [-0.2, 0) is 27.9 Å². The van der Waals surface area contributed by atoms with Crippen molar-refractivity contribution in [2.45, 2.75) is 213 Å². The van der Waals surface area contributed by atoms with Crippen molar-refractivity contribution in [3.63, 3.8) is 0 Å². The first kappa shape index (κ1) is 57.5. The number of quaternary nitrogens is 1. The number of phosphoric acid groups is 1. The summed E-state index contributed by atoms with van der Waals surface area (Å²) in [5, 5.41) is 0. The molecule has 1 unspecified atom stereocenters. The fourth-order valence-corrected chi connectivity index (χ4v) is 7.32. The van der Waals surface area contributed by atoms with E-state index in [9.17, 15) is 14.3 Å². The van der Waals surface area contributed by atoms with Gasteiger partial charge in [-0.15, -0.1) is 0 Å². The highest BCUT2D eigenvalue weighted by Gasteiger charge is 2.20. The van der Waals surface area contributed by atoms with E-state index >= 15 is 0 Å². The van der Waals surface area contributed by atoms with Crippen molar-refractivity contribution >= 4 is 13.8 Å². The Morgan fingerprint density at radius 2 is 0.932 bits per heavy atom. The second kappa shape index (κ2) is 43.1. The van der Waals surface area contributed by atoms with Crippen LogP contribution in [0.1, 0.15) is 206 Å². The van der Waals surface area contributed by atoms with Gasteiger partial charge in [-0.3, -0.25) is 9.36 Å². The average Bonchev–Trinajstić information content (AvgIpc) is 3.19. The summed E-state index contributed by atoms with van der Waals surface area (Å²) in [5.41, 5.74) is 0. The zero-order chi connectivity index (χ0) is 43.4. The molecule has 0 N–H and O–H groups in total. The number of carbonyl (C=O) groups is 1. The van der Waals surface area contributed by atoms with Crippen LogP contribution in [0.15, 0.2) is 48.6 Å². The topological polar surface area (TPSA) is 94.1 Å². The van der Waals surface area contributed by atoms with Crippen LogP contribution >= 0.6 is 7.82 Å². The van der Waals surface area contributed by atoms with E-state index in [1.807, 2.05) is 21.1 Å². The Morgan fingerprint density at radius 1 is 0.525 bits per heavy atom. The molecule has 0 rings (SSSR count). The number of hydrogen-bond donors (Lipinski definition) is 0. The SMILES string of the molecule is CCCCC/C=C\C/C=C\C/C=C\C/C=C\CCCCCC(=O)O[C@H](COCCCCCCCCCCCCCCCCCCCC)COP(=O)([O-])OCC[N+](C)(C)C. The molecule has 59 heavy (non-hydrogen) atoms. The molecule has 0 aromatic heterocycles. The minimum atomic E-state index is -4.54. The smallest absolute Gasteiger partial charge is 0.306 e. The highest BCUT2D eigenvalue weighted by molar-refractivity contribution is 7.45. The lowest BCUT2D eigenvalue weighted by Gasteiger charge is -2.28. The van der Waals surface area contributed by atoms with Gasteiger partial charge in [0, 0.05) is 13.0 Å². The number of nitrogens with zero attached hydrogens (tertiary/aromatic N) is 1. The summed E-state index contributed by atoms with van der Waals surface area (Å²) in [6.45, 7) is 5.36. The second-order valence-electron chi connectivity index (χ2n) is 17.5. The van der Waals surface area contributed by atoms with Crippen LogP contribution < -0.4 is 4.89 Å². The van der Waals surface area contributed by atoms with Crippen LogP contribution in [0.4, 0.5) is 0 Å². The molecule has 0 aliphatic carbocycles. The highest BCUT2D eigenvalue weighted by Crippen LogP contribution is 2.38. The molecule has 346 valence electrons. The van der Waals surface area contributed by atoms with Crippen LogP contribution in [0.25, 0.3) is 0 Å². The van der Waals surface area contributed by atoms with Gasteiger partial charge >= 0.3 is 5.97 Å². The number of rotatable bonds is 45. The van der Waals surface area contributed by atoms with Crippen LogP contribution in [0.5, 0.6) is 0 Å². The fraction of sp³-hybridized carbons (Fsp3) is 0.820. The summed E-state index contributed by atoms with van der Waals surface area (Å²) >= 11 is 0. The van der Waals surface area contributed by atoms with Crippen LogP contribution in [0.3, 0.4) is 0 Å². The van der Waals surface area contributed by atoms with Crippen LogP contribution in [0, 0.1) is 0 Å². The van der Waals surface area contributed by atoms with Gasteiger partial charge in [0.25, 0.3) is 7.82 Å². The lowest BCUT2D eigenvalue weighted by atomic mass is 10.0. The molecule has 0 amide bonds. The van der Waals surface area contributed by atoms with Gasteiger partial charge in [-0.2, -0.15) is 0 Å². The van der Waals surface area contributed by atoms with Crippen molar-refractivity contribution in [1.82, 2.24) is 0 Å². The van der Waals surface area contributed by atoms with Gasteiger partial charge in [-0.25, -0.2) is 0 Å². The highest BCUT2D eigenvalue weighted by atomic mass is 31.2. The molecule has 0 aliphatic heterocycles. The van der Waals surface area contributed by atoms with Gasteiger partial charge in [0.1, 0.15) is 19.3 Å². The minimum absolute atomic E-state index is 0.0195. The molecule has 0 aromatic carbocycles. The standard InChI is InChI=1S/C50H94NO7P/c1-6-8-10-12-14-16-18-20-22-24-26-27-29-31-33-35-37-39-41-43-50(52)58-49(48-57-59(53,54)56-46-44-51(3,4)5)47-55-45-42-40-38-36-34-32-30-28-25-23-21-19-17-15-13-11-9-7-2/h14,16,20,22,26-27,31,33,49H,6-13,15,17-19,21,23-25,28-30,32,34-48H2,1-5H3/b16-14-,22-20-,27-26-,33-31-/t49-/m1/s1. The Bertz CT molecular complexity index is 1080. The Balaban J connectivity index is 4.24. The first-order valence-electron chi connectivity index (χ1n) is 24.4. The zero-order valence-corrected chi connectivity index (χ0v) is 40.1. The lowest BCUT2D eigenvalue weighted by molar-refractivity contribution is -0.870. The van der Waals surface area contributed by atoms with Crippen molar-refractivity contribution in [2.75, 3.05) is 54.1 Å². The monoisotopic (exact) mass is 852 g/mol. The molecule has 0 spiro atoms. The molecule has 0 radical (unpaired) electrons. The number of ether oxygens (including phenoxy) is 2. The third kappa shape index (κ3) is 47.4. The van der Waals surface area contributed by atoms with Crippen molar-refractivity contribution in [2.24, 2.45) is 0 Å². The first-order chi connectivity index (χ1) is 28.6. The van der Waals surface area contributed by atoms with E-state index in [1.54, 1.807) is 0 Å². The summed E-state index contributed by atoms with van der Waals surface area (Å²) < 4.78 is 34.7. The van der Waals surface area contributed by atoms with E-state index in [1.165, 1.54) is 128 Å². The number of likely N-dealkylation sites (N-methyl/N-ethyl adjacent to an activating group) is 1. The molecule has 0 aliphatic rings. The second-order valence-corrected chi connectivity index (χ2v) is 18.9. The summed E-state index contributed by atoms with van der Waals surface area (Å²) in [6, 6.07) is 0. The predicted octanol–water partition coefficient (Wildman–Crippen LogP) is 14.1. The number of phosphoric ester groups is 1. The lowest BCUT2D eigenvalue weighted by Crippen LogP contribution is -2.37. The maximum Gasteiger partial charge on any atom is 0.306 e. The Labute approximate surface area is 365 Å². The van der Waals surface area contributed by atoms with Crippen LogP contribution in [0.2, 0.25) is 0 Å². The summed E-state index contributed by atoms with van der Waals surface area (Å²) in [5.74, 6) is -0.361. The molecule has 0 saturated heterocycles. The molecule has 9 heteroatoms. The van der Waals surface area contributed by atoms with E-state index in [4.69, 9.17) is 18.5 Å². The number of unbranched alkanes of at least 4 members (excludes halogenated alkanes) is 23. The van der Waals surface area contributed by atoms with Gasteiger partial charge in [-0.05, 0) is 57.8 Å². The molecule has 8 nitrogen and oxygen atoms in total. The zero-order valence-electron chi connectivity index (χ0n) is 39.2. The van der Waals surface area contributed by atoms with Gasteiger partial charge in [0.15, 0.2) is 0 Å². The maximum atomic E-state index is 12.7. The quantitative estimate of drug-likeness (QED) is 0.0198. The van der Waals surface area contributed by atoms with Crippen molar-refractivity contribution in [1.29, 1.82) is 0 Å². The third-order valence-electron chi connectivity index (χ3n) is 10.4. The predicted molar refractivity (Wildman–Crippen MR) is 250 cm³/mol. The van der Waals surface area contributed by atoms with E-state index in [0.29, 0.717) is 17.6 Å². The fourth-order valence-electron chi connectivity index (χ4n) is 6.59. The minimum Gasteiger partial charge on any atom is -0.756 e. The molecule has 0 bridgehead atoms. The first-order valence-corrected chi connectivity index (χ1v) is 25.8. The molecule has 0 saturated carbocycles. The molecule has 0 heterocycles. The van der Waals surface area contributed by atoms with Gasteiger partial charge in [-0.1, -0.05) is 191 Å². The Morgan fingerprint density at radius 3 is 1.41 bits per heavy atom. The summed E-state index contributed by atoms with van der Waals surface area (Å²) in [6.07, 6.45) is 52.7. The molecule has 2 atom stereocenters. The van der Waals surface area contributed by atoms with E-state index in [0.717, 1.165) is 57.8 Å². The number of hydrogen-bond acceptors (Lipinski definition) is 7. The van der Waals surface area contributed by atoms with Crippen molar-refractivity contribution in [3.8, 4) is 0 Å². The molecular weight excluding hydrogens is 758 g/mol. The third-order valence-corrected chi connectivity index (χ3v) is 11.3. The van der Waals surface area contributed by atoms with Gasteiger partial charge in [0.2, 0.25) is 0 Å². The molecule has 0 aromatic rings. The van der Waals surface area contributed by atoms with Crippen molar-refractivity contribution in [3.05, 3.63) is 48.6 Å². The largest absolute Gasteiger partial charge is 0.756 e. The van der Waals surface area contributed by atoms with E-state index in [-0.39, 0.29) is 32.2 Å². The number of esters is 1. The molecule has 0 fully saturated rings.